The van der Waals surface area contributed by atoms with Crippen LogP contribution in [0.15, 0.2) is 36.4 Å². The number of rotatable bonds is 4. The predicted molar refractivity (Wildman–Crippen MR) is 81.1 cm³/mol. The van der Waals surface area contributed by atoms with Crippen LogP contribution >= 0.6 is 11.6 Å². The monoisotopic (exact) mass is 292 g/mol. The molecule has 1 atom stereocenters. The third kappa shape index (κ3) is 3.57. The van der Waals surface area contributed by atoms with Crippen LogP contribution in [0.1, 0.15) is 28.3 Å². The van der Waals surface area contributed by atoms with E-state index in [1.54, 1.807) is 12.1 Å². The van der Waals surface area contributed by atoms with E-state index in [2.05, 4.69) is 37.5 Å². The Balaban J connectivity index is 2.26. The zero-order valence-corrected chi connectivity index (χ0v) is 12.3. The van der Waals surface area contributed by atoms with Crippen molar-refractivity contribution < 1.29 is 4.39 Å². The Labute approximate surface area is 123 Å². The van der Waals surface area contributed by atoms with Crippen LogP contribution in [-0.4, -0.2) is 0 Å². The highest BCUT2D eigenvalue weighted by molar-refractivity contribution is 6.30. The Hall–Kier alpha value is -1.42. The number of nitrogens with two attached hydrogens (primary N) is 1. The first-order valence-corrected chi connectivity index (χ1v) is 6.85. The molecule has 0 fully saturated rings. The third-order valence-corrected chi connectivity index (χ3v) is 3.58. The van der Waals surface area contributed by atoms with E-state index in [9.17, 15) is 4.39 Å². The molecule has 0 aliphatic rings. The van der Waals surface area contributed by atoms with E-state index < -0.39 is 5.82 Å². The fourth-order valence-electron chi connectivity index (χ4n) is 2.42. The zero-order chi connectivity index (χ0) is 14.7. The normalized spacial score (nSPS) is 12.4. The van der Waals surface area contributed by atoms with Gasteiger partial charge in [0.2, 0.25) is 0 Å². The smallest absolute Gasteiger partial charge is 0.142 e. The minimum atomic E-state index is -0.426. The van der Waals surface area contributed by atoms with E-state index in [0.717, 1.165) is 5.56 Å². The van der Waals surface area contributed by atoms with Gasteiger partial charge < -0.3 is 0 Å². The van der Waals surface area contributed by atoms with Crippen molar-refractivity contribution in [3.63, 3.8) is 0 Å². The highest BCUT2D eigenvalue weighted by Gasteiger charge is 2.13. The molecule has 0 amide bonds. The number of hydrogen-bond acceptors (Lipinski definition) is 2. The summed E-state index contributed by atoms with van der Waals surface area (Å²) in [4.78, 5) is 0. The van der Waals surface area contributed by atoms with Crippen LogP contribution in [0.4, 0.5) is 4.39 Å². The minimum absolute atomic E-state index is 0.121. The van der Waals surface area contributed by atoms with Gasteiger partial charge in [0.15, 0.2) is 0 Å². The number of hydrogen-bond donors (Lipinski definition) is 2. The van der Waals surface area contributed by atoms with Crippen molar-refractivity contribution >= 4 is 11.6 Å². The Morgan fingerprint density at radius 1 is 1.15 bits per heavy atom. The van der Waals surface area contributed by atoms with Crippen molar-refractivity contribution in [3.05, 3.63) is 69.5 Å². The first kappa shape index (κ1) is 15.0. The first-order valence-electron chi connectivity index (χ1n) is 6.48. The molecule has 0 spiro atoms. The van der Waals surface area contributed by atoms with E-state index in [4.69, 9.17) is 17.4 Å². The summed E-state index contributed by atoms with van der Waals surface area (Å²) in [6.07, 6.45) is 0.695. The van der Waals surface area contributed by atoms with Crippen LogP contribution in [-0.2, 0) is 6.42 Å². The molecule has 4 heteroatoms. The molecular weight excluding hydrogens is 275 g/mol. The van der Waals surface area contributed by atoms with Gasteiger partial charge in [-0.15, -0.1) is 0 Å². The molecule has 0 heterocycles. The van der Waals surface area contributed by atoms with E-state index in [1.165, 1.54) is 22.8 Å². The molecule has 0 aromatic heterocycles. The molecule has 0 aliphatic carbocycles. The van der Waals surface area contributed by atoms with Gasteiger partial charge in [0.25, 0.3) is 0 Å². The van der Waals surface area contributed by atoms with Crippen molar-refractivity contribution in [2.75, 3.05) is 0 Å². The summed E-state index contributed by atoms with van der Waals surface area (Å²) in [7, 11) is 0. The number of halogens is 2. The molecule has 2 rings (SSSR count). The summed E-state index contributed by atoms with van der Waals surface area (Å²) in [6, 6.07) is 11.0. The lowest BCUT2D eigenvalue weighted by molar-refractivity contribution is 0.544. The van der Waals surface area contributed by atoms with E-state index >= 15 is 0 Å². The Bertz CT molecular complexity index is 593. The van der Waals surface area contributed by atoms with E-state index in [0.29, 0.717) is 6.42 Å². The Kier molecular flexibility index (Phi) is 4.76. The van der Waals surface area contributed by atoms with Gasteiger partial charge in [-0.2, -0.15) is 0 Å². The molecule has 2 nitrogen and oxygen atoms in total. The minimum Gasteiger partial charge on any atom is -0.271 e. The zero-order valence-electron chi connectivity index (χ0n) is 11.6. The van der Waals surface area contributed by atoms with Gasteiger partial charge >= 0.3 is 0 Å². The predicted octanol–water partition coefficient (Wildman–Crippen LogP) is 3.84. The second-order valence-electron chi connectivity index (χ2n) is 5.09. The number of benzene rings is 2. The van der Waals surface area contributed by atoms with Gasteiger partial charge in [-0.05, 0) is 43.5 Å². The molecule has 0 saturated heterocycles. The standard InChI is InChI=1S/C16H18ClFN2/c1-10-5-11(2)7-12(6-10)8-16(20-19)13-3-4-14(17)15(18)9-13/h3-7,9,16,20H,8,19H2,1-2H3. The highest BCUT2D eigenvalue weighted by atomic mass is 35.5. The molecule has 0 aliphatic heterocycles. The molecule has 2 aromatic rings. The van der Waals surface area contributed by atoms with Crippen molar-refractivity contribution in [3.8, 4) is 0 Å². The van der Waals surface area contributed by atoms with Gasteiger partial charge in [0, 0.05) is 0 Å². The molecular formula is C16H18ClFN2. The SMILES string of the molecule is Cc1cc(C)cc(CC(NN)c2ccc(Cl)c(F)c2)c1. The van der Waals surface area contributed by atoms with Crippen LogP contribution in [0.2, 0.25) is 5.02 Å². The van der Waals surface area contributed by atoms with Crippen LogP contribution in [0, 0.1) is 19.7 Å². The third-order valence-electron chi connectivity index (χ3n) is 3.27. The maximum Gasteiger partial charge on any atom is 0.142 e. The number of nitrogens with one attached hydrogen (secondary N) is 1. The van der Waals surface area contributed by atoms with Gasteiger partial charge in [0.05, 0.1) is 11.1 Å². The Morgan fingerprint density at radius 2 is 1.80 bits per heavy atom. The molecule has 20 heavy (non-hydrogen) atoms. The average molecular weight is 293 g/mol. The maximum atomic E-state index is 13.5. The maximum absolute atomic E-state index is 13.5. The summed E-state index contributed by atoms with van der Waals surface area (Å²) >= 11 is 5.70. The van der Waals surface area contributed by atoms with Crippen LogP contribution in [0.25, 0.3) is 0 Å². The molecule has 1 unspecified atom stereocenters. The second-order valence-corrected chi connectivity index (χ2v) is 5.50. The van der Waals surface area contributed by atoms with Gasteiger partial charge in [-0.25, -0.2) is 4.39 Å². The second kappa shape index (κ2) is 6.35. The topological polar surface area (TPSA) is 38.0 Å². The van der Waals surface area contributed by atoms with Crippen LogP contribution < -0.4 is 11.3 Å². The highest BCUT2D eigenvalue weighted by Crippen LogP contribution is 2.23. The molecule has 106 valence electrons. The first-order chi connectivity index (χ1) is 9.49. The average Bonchev–Trinajstić information content (AvgIpc) is 2.38. The van der Waals surface area contributed by atoms with Crippen molar-refractivity contribution in [2.24, 2.45) is 5.84 Å². The van der Waals surface area contributed by atoms with Crippen LogP contribution in [0.5, 0.6) is 0 Å². The lowest BCUT2D eigenvalue weighted by Crippen LogP contribution is -2.29. The van der Waals surface area contributed by atoms with Gasteiger partial charge in [-0.3, -0.25) is 11.3 Å². The molecule has 0 bridgehead atoms. The van der Waals surface area contributed by atoms with E-state index in [-0.39, 0.29) is 11.1 Å². The van der Waals surface area contributed by atoms with Crippen molar-refractivity contribution in [1.29, 1.82) is 0 Å². The summed E-state index contributed by atoms with van der Waals surface area (Å²) in [5.74, 6) is 5.19. The largest absolute Gasteiger partial charge is 0.271 e. The number of aryl methyl sites for hydroxylation is 2. The van der Waals surface area contributed by atoms with Gasteiger partial charge in [-0.1, -0.05) is 47.0 Å². The summed E-state index contributed by atoms with van der Waals surface area (Å²) in [5.41, 5.74) is 7.11. The quantitative estimate of drug-likeness (QED) is 0.664. The van der Waals surface area contributed by atoms with Crippen LogP contribution in [0.3, 0.4) is 0 Å². The number of hydrazine groups is 1. The fourth-order valence-corrected chi connectivity index (χ4v) is 2.54. The van der Waals surface area contributed by atoms with Crippen molar-refractivity contribution in [2.45, 2.75) is 26.3 Å². The summed E-state index contributed by atoms with van der Waals surface area (Å²) < 4.78 is 13.5. The molecule has 0 radical (unpaired) electrons. The summed E-state index contributed by atoms with van der Waals surface area (Å²) in [5, 5.41) is 0.121. The lowest BCUT2D eigenvalue weighted by atomic mass is 9.97. The summed E-state index contributed by atoms with van der Waals surface area (Å²) in [6.45, 7) is 4.12. The van der Waals surface area contributed by atoms with Crippen molar-refractivity contribution in [1.82, 2.24) is 5.43 Å². The van der Waals surface area contributed by atoms with E-state index in [1.807, 2.05) is 0 Å². The molecule has 2 aromatic carbocycles. The fraction of sp³-hybridized carbons (Fsp3) is 0.250. The van der Waals surface area contributed by atoms with Gasteiger partial charge in [0.1, 0.15) is 5.82 Å². The molecule has 0 saturated carbocycles. The lowest BCUT2D eigenvalue weighted by Gasteiger charge is -2.17. The molecule has 3 N–H and O–H groups in total. The Morgan fingerprint density at radius 3 is 2.35 bits per heavy atom.